The molecule has 0 spiro atoms. The molecule has 3 rings (SSSR count). The summed E-state index contributed by atoms with van der Waals surface area (Å²) in [4.78, 5) is 6.68. The number of oxazole rings is 1. The van der Waals surface area contributed by atoms with Gasteiger partial charge in [-0.2, -0.15) is 0 Å². The molecule has 0 unspecified atom stereocenters. The number of halogens is 1. The van der Waals surface area contributed by atoms with Gasteiger partial charge in [0.2, 0.25) is 5.89 Å². The Hall–Kier alpha value is -1.65. The quantitative estimate of drug-likeness (QED) is 0.717. The van der Waals surface area contributed by atoms with Gasteiger partial charge >= 0.3 is 0 Å². The summed E-state index contributed by atoms with van der Waals surface area (Å²) in [6.07, 6.45) is 0. The van der Waals surface area contributed by atoms with Crippen molar-refractivity contribution >= 4 is 27.0 Å². The minimum atomic E-state index is 0.696. The second-order valence-electron chi connectivity index (χ2n) is 4.88. The Bertz CT molecular complexity index is 690. The molecule has 0 amide bonds. The summed E-state index contributed by atoms with van der Waals surface area (Å²) < 4.78 is 6.84. The zero-order chi connectivity index (χ0) is 13.9. The SMILES string of the molecule is CN(Cc1cccc(Br)c1)Cc1nc2ccccc2o1. The van der Waals surface area contributed by atoms with Crippen LogP contribution < -0.4 is 0 Å². The van der Waals surface area contributed by atoms with E-state index >= 15 is 0 Å². The lowest BCUT2D eigenvalue weighted by Crippen LogP contribution is -2.17. The Balaban J connectivity index is 1.70. The van der Waals surface area contributed by atoms with Crippen LogP contribution in [-0.2, 0) is 13.1 Å². The normalized spacial score (nSPS) is 11.3. The maximum Gasteiger partial charge on any atom is 0.209 e. The predicted octanol–water partition coefficient (Wildman–Crippen LogP) is 4.22. The van der Waals surface area contributed by atoms with Gasteiger partial charge in [0, 0.05) is 11.0 Å². The van der Waals surface area contributed by atoms with E-state index in [-0.39, 0.29) is 0 Å². The van der Waals surface area contributed by atoms with Crippen LogP contribution in [0.4, 0.5) is 0 Å². The van der Waals surface area contributed by atoms with Crippen molar-refractivity contribution in [2.24, 2.45) is 0 Å². The number of hydrogen-bond donors (Lipinski definition) is 0. The Morgan fingerprint density at radius 3 is 2.75 bits per heavy atom. The number of fused-ring (bicyclic) bond motifs is 1. The van der Waals surface area contributed by atoms with Crippen molar-refractivity contribution < 1.29 is 4.42 Å². The highest BCUT2D eigenvalue weighted by Crippen LogP contribution is 2.17. The fraction of sp³-hybridized carbons (Fsp3) is 0.188. The monoisotopic (exact) mass is 330 g/mol. The molecule has 1 heterocycles. The molecule has 0 aliphatic carbocycles. The first-order valence-electron chi connectivity index (χ1n) is 6.48. The van der Waals surface area contributed by atoms with Crippen LogP contribution in [0.25, 0.3) is 11.1 Å². The van der Waals surface area contributed by atoms with Gasteiger partial charge in [-0.05, 0) is 36.9 Å². The first-order valence-corrected chi connectivity index (χ1v) is 7.27. The van der Waals surface area contributed by atoms with Crippen LogP contribution in [0.1, 0.15) is 11.5 Å². The van der Waals surface area contributed by atoms with Crippen LogP contribution in [0, 0.1) is 0 Å². The van der Waals surface area contributed by atoms with Gasteiger partial charge in [0.25, 0.3) is 0 Å². The Labute approximate surface area is 126 Å². The molecule has 0 aliphatic heterocycles. The maximum atomic E-state index is 5.74. The lowest BCUT2D eigenvalue weighted by atomic mass is 10.2. The van der Waals surface area contributed by atoms with E-state index in [9.17, 15) is 0 Å². The first-order chi connectivity index (χ1) is 9.70. The van der Waals surface area contributed by atoms with Crippen molar-refractivity contribution in [1.82, 2.24) is 9.88 Å². The van der Waals surface area contributed by atoms with Gasteiger partial charge in [-0.15, -0.1) is 0 Å². The van der Waals surface area contributed by atoms with E-state index in [1.54, 1.807) is 0 Å². The van der Waals surface area contributed by atoms with Crippen molar-refractivity contribution in [3.63, 3.8) is 0 Å². The fourth-order valence-electron chi connectivity index (χ4n) is 2.22. The highest BCUT2D eigenvalue weighted by Gasteiger charge is 2.08. The molecular weight excluding hydrogens is 316 g/mol. The van der Waals surface area contributed by atoms with E-state index in [0.717, 1.165) is 28.0 Å². The van der Waals surface area contributed by atoms with Crippen LogP contribution in [0.15, 0.2) is 57.4 Å². The number of benzene rings is 2. The second kappa shape index (κ2) is 5.77. The highest BCUT2D eigenvalue weighted by atomic mass is 79.9. The molecule has 0 bridgehead atoms. The van der Waals surface area contributed by atoms with Gasteiger partial charge in [-0.3, -0.25) is 4.90 Å². The van der Waals surface area contributed by atoms with Crippen molar-refractivity contribution in [2.75, 3.05) is 7.05 Å². The molecule has 0 saturated carbocycles. The van der Waals surface area contributed by atoms with Crippen molar-refractivity contribution in [3.05, 3.63) is 64.5 Å². The first kappa shape index (κ1) is 13.3. The molecule has 0 atom stereocenters. The average Bonchev–Trinajstić information content (AvgIpc) is 2.80. The summed E-state index contributed by atoms with van der Waals surface area (Å²) in [7, 11) is 2.07. The number of nitrogens with zero attached hydrogens (tertiary/aromatic N) is 2. The number of aromatic nitrogens is 1. The zero-order valence-electron chi connectivity index (χ0n) is 11.2. The van der Waals surface area contributed by atoms with E-state index < -0.39 is 0 Å². The predicted molar refractivity (Wildman–Crippen MR) is 83.3 cm³/mol. The van der Waals surface area contributed by atoms with Crippen molar-refractivity contribution in [1.29, 1.82) is 0 Å². The standard InChI is InChI=1S/C16H15BrN2O/c1-19(10-12-5-4-6-13(17)9-12)11-16-18-14-7-2-3-8-15(14)20-16/h2-9H,10-11H2,1H3. The van der Waals surface area contributed by atoms with Gasteiger partial charge in [-0.1, -0.05) is 40.2 Å². The number of hydrogen-bond acceptors (Lipinski definition) is 3. The van der Waals surface area contributed by atoms with Crippen molar-refractivity contribution in [3.8, 4) is 0 Å². The molecule has 3 aromatic rings. The third-order valence-electron chi connectivity index (χ3n) is 3.08. The molecule has 0 N–H and O–H groups in total. The largest absolute Gasteiger partial charge is 0.439 e. The van der Waals surface area contributed by atoms with Gasteiger partial charge in [0.05, 0.1) is 6.54 Å². The molecule has 3 nitrogen and oxygen atoms in total. The Morgan fingerprint density at radius 1 is 1.10 bits per heavy atom. The smallest absolute Gasteiger partial charge is 0.209 e. The van der Waals surface area contributed by atoms with Gasteiger partial charge in [0.1, 0.15) is 5.52 Å². The fourth-order valence-corrected chi connectivity index (χ4v) is 2.67. The molecule has 2 aromatic carbocycles. The van der Waals surface area contributed by atoms with E-state index in [0.29, 0.717) is 6.54 Å². The molecule has 0 aliphatic rings. The summed E-state index contributed by atoms with van der Waals surface area (Å²) in [5.74, 6) is 0.753. The topological polar surface area (TPSA) is 29.3 Å². The minimum absolute atomic E-state index is 0.696. The van der Waals surface area contributed by atoms with Gasteiger partial charge in [0.15, 0.2) is 5.58 Å². The molecule has 20 heavy (non-hydrogen) atoms. The number of rotatable bonds is 4. The molecule has 0 radical (unpaired) electrons. The Kier molecular flexibility index (Phi) is 3.85. The second-order valence-corrected chi connectivity index (χ2v) is 5.79. The molecule has 4 heteroatoms. The highest BCUT2D eigenvalue weighted by molar-refractivity contribution is 9.10. The lowest BCUT2D eigenvalue weighted by Gasteiger charge is -2.14. The van der Waals surface area contributed by atoms with E-state index in [2.05, 4.69) is 45.0 Å². The summed E-state index contributed by atoms with van der Waals surface area (Å²) in [5.41, 5.74) is 3.02. The summed E-state index contributed by atoms with van der Waals surface area (Å²) in [6.45, 7) is 1.55. The van der Waals surface area contributed by atoms with Crippen molar-refractivity contribution in [2.45, 2.75) is 13.1 Å². The lowest BCUT2D eigenvalue weighted by molar-refractivity contribution is 0.285. The zero-order valence-corrected chi connectivity index (χ0v) is 12.8. The molecule has 1 aromatic heterocycles. The third-order valence-corrected chi connectivity index (χ3v) is 3.58. The van der Waals surface area contributed by atoms with Gasteiger partial charge < -0.3 is 4.42 Å². The third kappa shape index (κ3) is 3.08. The van der Waals surface area contributed by atoms with Crippen LogP contribution in [-0.4, -0.2) is 16.9 Å². The molecular formula is C16H15BrN2O. The van der Waals surface area contributed by atoms with E-state index in [1.165, 1.54) is 5.56 Å². The van der Waals surface area contributed by atoms with Gasteiger partial charge in [-0.25, -0.2) is 4.98 Å². The minimum Gasteiger partial charge on any atom is -0.439 e. The van der Waals surface area contributed by atoms with E-state index in [1.807, 2.05) is 36.4 Å². The molecule has 0 saturated heterocycles. The maximum absolute atomic E-state index is 5.74. The van der Waals surface area contributed by atoms with Crippen LogP contribution in [0.3, 0.4) is 0 Å². The molecule has 102 valence electrons. The molecule has 0 fully saturated rings. The summed E-state index contributed by atoms with van der Waals surface area (Å²) in [6, 6.07) is 16.2. The van der Waals surface area contributed by atoms with Crippen LogP contribution >= 0.6 is 15.9 Å². The summed E-state index contributed by atoms with van der Waals surface area (Å²) in [5, 5.41) is 0. The summed E-state index contributed by atoms with van der Waals surface area (Å²) >= 11 is 3.49. The number of para-hydroxylation sites is 2. The Morgan fingerprint density at radius 2 is 1.95 bits per heavy atom. The van der Waals surface area contributed by atoms with E-state index in [4.69, 9.17) is 4.42 Å². The van der Waals surface area contributed by atoms with Crippen LogP contribution in [0.2, 0.25) is 0 Å². The average molecular weight is 331 g/mol. The van der Waals surface area contributed by atoms with Crippen LogP contribution in [0.5, 0.6) is 0 Å².